The van der Waals surface area contributed by atoms with Gasteiger partial charge in [0.1, 0.15) is 0 Å². The zero-order valence-electron chi connectivity index (χ0n) is 7.65. The highest BCUT2D eigenvalue weighted by Gasteiger charge is 2.17. The Morgan fingerprint density at radius 3 is 2.36 bits per heavy atom. The van der Waals surface area contributed by atoms with Crippen LogP contribution < -0.4 is 0 Å². The average molecular weight is 148 g/mol. The fourth-order valence-corrected chi connectivity index (χ4v) is 1.18. The molecule has 1 rings (SSSR count). The molecule has 11 heavy (non-hydrogen) atoms. The number of rotatable bonds is 0. The second kappa shape index (κ2) is 2.69. The maximum Gasteiger partial charge on any atom is -0.00646 e. The number of hydrogen-bond donors (Lipinski definition) is 0. The van der Waals surface area contributed by atoms with Crippen LogP contribution in [-0.2, 0) is 0 Å². The molecule has 0 heterocycles. The first-order valence-electron chi connectivity index (χ1n) is 4.05. The summed E-state index contributed by atoms with van der Waals surface area (Å²) < 4.78 is 0. The minimum absolute atomic E-state index is 0.299. The molecule has 0 bridgehead atoms. The van der Waals surface area contributed by atoms with Gasteiger partial charge in [-0.15, -0.1) is 0 Å². The van der Waals surface area contributed by atoms with Gasteiger partial charge in [0.2, 0.25) is 0 Å². The third-order valence-electron chi connectivity index (χ3n) is 2.01. The fourth-order valence-electron chi connectivity index (χ4n) is 1.18. The molecule has 0 spiro atoms. The van der Waals surface area contributed by atoms with Crippen LogP contribution in [0.15, 0.2) is 36.0 Å². The molecule has 1 aliphatic carbocycles. The van der Waals surface area contributed by atoms with Gasteiger partial charge in [-0.05, 0) is 11.8 Å². The summed E-state index contributed by atoms with van der Waals surface area (Å²) in [5, 5.41) is 0. The Morgan fingerprint density at radius 2 is 2.00 bits per heavy atom. The Morgan fingerprint density at radius 1 is 1.36 bits per heavy atom. The number of hydrogen-bond acceptors (Lipinski definition) is 0. The summed E-state index contributed by atoms with van der Waals surface area (Å²) in [5.41, 5.74) is 3.00. The monoisotopic (exact) mass is 148 g/mol. The minimum atomic E-state index is 0.299. The van der Waals surface area contributed by atoms with E-state index in [0.717, 1.165) is 6.42 Å². The van der Waals surface area contributed by atoms with Gasteiger partial charge in [-0.1, -0.05) is 56.7 Å². The summed E-state index contributed by atoms with van der Waals surface area (Å²) in [6.45, 7) is 10.7. The highest BCUT2D eigenvalue weighted by Crippen LogP contribution is 2.32. The van der Waals surface area contributed by atoms with Crippen molar-refractivity contribution in [3.8, 4) is 0 Å². The standard InChI is InChI=1S/C11H16/c1-9-6-5-7-10(8-9)11(2,3)4/h5-7H,1,8H2,2-4H3. The molecule has 0 saturated heterocycles. The SMILES string of the molecule is C=C1C=CC=C(C(C)(C)C)C1. The predicted molar refractivity (Wildman–Crippen MR) is 50.4 cm³/mol. The third kappa shape index (κ3) is 2.07. The lowest BCUT2D eigenvalue weighted by Crippen LogP contribution is -2.10. The maximum absolute atomic E-state index is 3.95. The van der Waals surface area contributed by atoms with Crippen molar-refractivity contribution in [2.45, 2.75) is 27.2 Å². The van der Waals surface area contributed by atoms with Crippen LogP contribution >= 0.6 is 0 Å². The summed E-state index contributed by atoms with van der Waals surface area (Å²) in [5.74, 6) is 0. The molecule has 0 aromatic heterocycles. The minimum Gasteiger partial charge on any atom is -0.0955 e. The molecule has 0 aliphatic heterocycles. The van der Waals surface area contributed by atoms with Gasteiger partial charge in [-0.2, -0.15) is 0 Å². The van der Waals surface area contributed by atoms with Crippen molar-refractivity contribution in [1.82, 2.24) is 0 Å². The molecule has 0 unspecified atom stereocenters. The van der Waals surface area contributed by atoms with E-state index in [1.54, 1.807) is 0 Å². The normalized spacial score (nSPS) is 18.5. The van der Waals surface area contributed by atoms with E-state index in [9.17, 15) is 0 Å². The summed E-state index contributed by atoms with van der Waals surface area (Å²) in [7, 11) is 0. The average Bonchev–Trinajstić information content (AvgIpc) is 1.86. The van der Waals surface area contributed by atoms with Crippen molar-refractivity contribution in [2.24, 2.45) is 5.41 Å². The molecule has 0 radical (unpaired) electrons. The van der Waals surface area contributed by atoms with Gasteiger partial charge in [0.15, 0.2) is 0 Å². The largest absolute Gasteiger partial charge is 0.0955 e. The zero-order valence-corrected chi connectivity index (χ0v) is 7.65. The lowest BCUT2D eigenvalue weighted by molar-refractivity contribution is 0.491. The first-order valence-corrected chi connectivity index (χ1v) is 4.05. The predicted octanol–water partition coefficient (Wildman–Crippen LogP) is 3.48. The van der Waals surface area contributed by atoms with Gasteiger partial charge < -0.3 is 0 Å². The quantitative estimate of drug-likeness (QED) is 0.493. The topological polar surface area (TPSA) is 0 Å². The van der Waals surface area contributed by atoms with E-state index in [1.165, 1.54) is 11.1 Å². The molecular weight excluding hydrogens is 132 g/mol. The van der Waals surface area contributed by atoms with Crippen molar-refractivity contribution < 1.29 is 0 Å². The van der Waals surface area contributed by atoms with E-state index in [2.05, 4.69) is 45.6 Å². The third-order valence-corrected chi connectivity index (χ3v) is 2.01. The van der Waals surface area contributed by atoms with Gasteiger partial charge >= 0.3 is 0 Å². The summed E-state index contributed by atoms with van der Waals surface area (Å²) in [6.07, 6.45) is 7.41. The van der Waals surface area contributed by atoms with Crippen LogP contribution in [-0.4, -0.2) is 0 Å². The Labute approximate surface area is 69.3 Å². The number of allylic oxidation sites excluding steroid dienone is 5. The van der Waals surface area contributed by atoms with Crippen LogP contribution in [0.4, 0.5) is 0 Å². The summed E-state index contributed by atoms with van der Waals surface area (Å²) in [4.78, 5) is 0. The van der Waals surface area contributed by atoms with Gasteiger partial charge in [-0.25, -0.2) is 0 Å². The molecule has 0 fully saturated rings. The van der Waals surface area contributed by atoms with Crippen LogP contribution in [0.3, 0.4) is 0 Å². The molecule has 0 heteroatoms. The van der Waals surface area contributed by atoms with Crippen LogP contribution in [0.2, 0.25) is 0 Å². The van der Waals surface area contributed by atoms with E-state index >= 15 is 0 Å². The summed E-state index contributed by atoms with van der Waals surface area (Å²) >= 11 is 0. The molecular formula is C11H16. The van der Waals surface area contributed by atoms with E-state index in [4.69, 9.17) is 0 Å². The Bertz CT molecular complexity index is 221. The molecule has 0 amide bonds. The van der Waals surface area contributed by atoms with Crippen molar-refractivity contribution >= 4 is 0 Å². The second-order valence-corrected chi connectivity index (χ2v) is 4.14. The van der Waals surface area contributed by atoms with E-state index < -0.39 is 0 Å². The zero-order chi connectivity index (χ0) is 8.48. The molecule has 0 nitrogen and oxygen atoms in total. The smallest absolute Gasteiger partial charge is 0.00646 e. The summed E-state index contributed by atoms with van der Waals surface area (Å²) in [6, 6.07) is 0. The van der Waals surface area contributed by atoms with E-state index in [1.807, 2.05) is 0 Å². The van der Waals surface area contributed by atoms with Crippen LogP contribution in [0.5, 0.6) is 0 Å². The Kier molecular flexibility index (Phi) is 2.03. The Hall–Kier alpha value is -0.780. The maximum atomic E-state index is 3.95. The molecule has 0 atom stereocenters. The van der Waals surface area contributed by atoms with Gasteiger partial charge in [0, 0.05) is 0 Å². The van der Waals surface area contributed by atoms with Crippen molar-refractivity contribution in [1.29, 1.82) is 0 Å². The van der Waals surface area contributed by atoms with Crippen LogP contribution in [0.1, 0.15) is 27.2 Å². The molecule has 0 aromatic carbocycles. The first kappa shape index (κ1) is 8.32. The van der Waals surface area contributed by atoms with Gasteiger partial charge in [0.25, 0.3) is 0 Å². The highest BCUT2D eigenvalue weighted by molar-refractivity contribution is 5.34. The second-order valence-electron chi connectivity index (χ2n) is 4.14. The van der Waals surface area contributed by atoms with E-state index in [-0.39, 0.29) is 0 Å². The van der Waals surface area contributed by atoms with Gasteiger partial charge in [-0.3, -0.25) is 0 Å². The molecule has 0 saturated carbocycles. The van der Waals surface area contributed by atoms with Crippen molar-refractivity contribution in [3.05, 3.63) is 36.0 Å². The fraction of sp³-hybridized carbons (Fsp3) is 0.455. The van der Waals surface area contributed by atoms with Crippen LogP contribution in [0.25, 0.3) is 0 Å². The van der Waals surface area contributed by atoms with Crippen molar-refractivity contribution in [3.63, 3.8) is 0 Å². The first-order chi connectivity index (χ1) is 5.00. The lowest BCUT2D eigenvalue weighted by Gasteiger charge is -2.24. The molecule has 1 aliphatic rings. The molecule has 60 valence electrons. The van der Waals surface area contributed by atoms with Gasteiger partial charge in [0.05, 0.1) is 0 Å². The van der Waals surface area contributed by atoms with E-state index in [0.29, 0.717) is 5.41 Å². The lowest BCUT2D eigenvalue weighted by atomic mass is 9.81. The Balaban J connectivity index is 2.83. The van der Waals surface area contributed by atoms with Crippen LogP contribution in [0, 0.1) is 5.41 Å². The molecule has 0 N–H and O–H groups in total. The van der Waals surface area contributed by atoms with Crippen molar-refractivity contribution in [2.75, 3.05) is 0 Å². The highest BCUT2D eigenvalue weighted by atomic mass is 14.2. The molecule has 0 aromatic rings.